The van der Waals surface area contributed by atoms with Crippen molar-refractivity contribution in [3.63, 3.8) is 0 Å². The van der Waals surface area contributed by atoms with Gasteiger partial charge in [0.25, 0.3) is 0 Å². The molecule has 1 heterocycles. The summed E-state index contributed by atoms with van der Waals surface area (Å²) in [5.41, 5.74) is 2.86. The molecule has 0 unspecified atom stereocenters. The van der Waals surface area contributed by atoms with E-state index < -0.39 is 5.97 Å². The van der Waals surface area contributed by atoms with Crippen molar-refractivity contribution in [1.82, 2.24) is 0 Å². The Labute approximate surface area is 161 Å². The van der Waals surface area contributed by atoms with Gasteiger partial charge in [-0.15, -0.1) is 11.3 Å². The lowest BCUT2D eigenvalue weighted by molar-refractivity contribution is -0.115. The summed E-state index contributed by atoms with van der Waals surface area (Å²) in [5, 5.41) is 5.18. The van der Waals surface area contributed by atoms with Crippen molar-refractivity contribution >= 4 is 28.2 Å². The number of benzene rings is 2. The maximum absolute atomic E-state index is 12.5. The molecule has 1 aromatic heterocycles. The zero-order valence-electron chi connectivity index (χ0n) is 15.0. The van der Waals surface area contributed by atoms with Crippen LogP contribution >= 0.6 is 11.3 Å². The summed E-state index contributed by atoms with van der Waals surface area (Å²) in [6, 6.07) is 16.8. The fourth-order valence-electron chi connectivity index (χ4n) is 2.68. The smallest absolute Gasteiger partial charge is 0.341 e. The Morgan fingerprint density at radius 2 is 1.70 bits per heavy atom. The topological polar surface area (TPSA) is 64.6 Å². The van der Waals surface area contributed by atoms with Crippen molar-refractivity contribution < 1.29 is 19.1 Å². The van der Waals surface area contributed by atoms with Crippen LogP contribution in [0.1, 0.15) is 15.9 Å². The quantitative estimate of drug-likeness (QED) is 0.643. The van der Waals surface area contributed by atoms with E-state index in [2.05, 4.69) is 5.32 Å². The first-order chi connectivity index (χ1) is 13.1. The molecule has 0 saturated heterocycles. The first kappa shape index (κ1) is 18.7. The number of hydrogen-bond donors (Lipinski definition) is 1. The van der Waals surface area contributed by atoms with E-state index in [1.54, 1.807) is 19.2 Å². The summed E-state index contributed by atoms with van der Waals surface area (Å²) in [7, 11) is 2.93. The van der Waals surface area contributed by atoms with Crippen molar-refractivity contribution in [1.29, 1.82) is 0 Å². The van der Waals surface area contributed by atoms with Crippen LogP contribution in [0, 0.1) is 0 Å². The van der Waals surface area contributed by atoms with E-state index in [0.717, 1.165) is 22.4 Å². The zero-order chi connectivity index (χ0) is 19.2. The summed E-state index contributed by atoms with van der Waals surface area (Å²) in [6.07, 6.45) is 0.198. The third kappa shape index (κ3) is 4.35. The van der Waals surface area contributed by atoms with Crippen LogP contribution < -0.4 is 10.1 Å². The van der Waals surface area contributed by atoms with Crippen LogP contribution in [0.3, 0.4) is 0 Å². The predicted molar refractivity (Wildman–Crippen MR) is 106 cm³/mol. The molecule has 3 rings (SSSR count). The van der Waals surface area contributed by atoms with E-state index in [9.17, 15) is 9.59 Å². The van der Waals surface area contributed by atoms with E-state index in [4.69, 9.17) is 9.47 Å². The van der Waals surface area contributed by atoms with Gasteiger partial charge >= 0.3 is 5.97 Å². The molecular formula is C21H19NO4S. The second-order valence-electron chi connectivity index (χ2n) is 5.78. The molecule has 1 amide bonds. The average Bonchev–Trinajstić information content (AvgIpc) is 3.12. The van der Waals surface area contributed by atoms with Crippen molar-refractivity contribution in [2.45, 2.75) is 6.42 Å². The molecule has 0 aliphatic carbocycles. The molecule has 0 spiro atoms. The van der Waals surface area contributed by atoms with E-state index >= 15 is 0 Å². The van der Waals surface area contributed by atoms with Gasteiger partial charge in [-0.2, -0.15) is 0 Å². The molecular weight excluding hydrogens is 362 g/mol. The van der Waals surface area contributed by atoms with Crippen LogP contribution in [0.4, 0.5) is 5.00 Å². The SMILES string of the molecule is COC(=O)c1c(-c2ccccc2)csc1NC(=O)Cc1ccc(OC)cc1. The molecule has 27 heavy (non-hydrogen) atoms. The maximum atomic E-state index is 12.5. The second kappa shape index (κ2) is 8.51. The van der Waals surface area contributed by atoms with Crippen LogP contribution in [0.25, 0.3) is 11.1 Å². The van der Waals surface area contributed by atoms with Crippen molar-refractivity contribution in [2.75, 3.05) is 19.5 Å². The number of ether oxygens (including phenoxy) is 2. The zero-order valence-corrected chi connectivity index (χ0v) is 15.8. The molecule has 0 saturated carbocycles. The van der Waals surface area contributed by atoms with Gasteiger partial charge in [-0.05, 0) is 23.3 Å². The number of anilines is 1. The molecule has 0 fully saturated rings. The van der Waals surface area contributed by atoms with Gasteiger partial charge in [0.1, 0.15) is 16.3 Å². The molecule has 138 valence electrons. The number of esters is 1. The minimum atomic E-state index is -0.477. The molecule has 0 bridgehead atoms. The molecule has 2 aromatic carbocycles. The summed E-state index contributed by atoms with van der Waals surface area (Å²) in [6.45, 7) is 0. The molecule has 0 radical (unpaired) electrons. The molecule has 1 N–H and O–H groups in total. The lowest BCUT2D eigenvalue weighted by atomic mass is 10.0. The maximum Gasteiger partial charge on any atom is 0.341 e. The van der Waals surface area contributed by atoms with Crippen LogP contribution in [-0.4, -0.2) is 26.1 Å². The van der Waals surface area contributed by atoms with E-state index in [-0.39, 0.29) is 12.3 Å². The van der Waals surface area contributed by atoms with Crippen LogP contribution in [0.5, 0.6) is 5.75 Å². The van der Waals surface area contributed by atoms with Gasteiger partial charge in [-0.1, -0.05) is 42.5 Å². The summed E-state index contributed by atoms with van der Waals surface area (Å²) in [5.74, 6) is 0.0551. The van der Waals surface area contributed by atoms with Gasteiger partial charge < -0.3 is 14.8 Å². The van der Waals surface area contributed by atoms with Gasteiger partial charge in [-0.25, -0.2) is 4.79 Å². The lowest BCUT2D eigenvalue weighted by Gasteiger charge is -2.08. The van der Waals surface area contributed by atoms with Crippen molar-refractivity contribution in [2.24, 2.45) is 0 Å². The number of hydrogen-bond acceptors (Lipinski definition) is 5. The number of thiophene rings is 1. The van der Waals surface area contributed by atoms with Gasteiger partial charge in [0.2, 0.25) is 5.91 Å². The highest BCUT2D eigenvalue weighted by Crippen LogP contribution is 2.36. The van der Waals surface area contributed by atoms with Crippen LogP contribution in [0.15, 0.2) is 60.0 Å². The standard InChI is InChI=1S/C21H19NO4S/c1-25-16-10-8-14(9-11-16)12-18(23)22-20-19(21(24)26-2)17(13-27-20)15-6-4-3-5-7-15/h3-11,13H,12H2,1-2H3,(H,22,23). The molecule has 5 nitrogen and oxygen atoms in total. The summed E-state index contributed by atoms with van der Waals surface area (Å²) in [4.78, 5) is 24.8. The fraction of sp³-hybridized carbons (Fsp3) is 0.143. The van der Waals surface area contributed by atoms with E-state index in [1.165, 1.54) is 18.4 Å². The largest absolute Gasteiger partial charge is 0.497 e. The molecule has 0 aliphatic rings. The predicted octanol–water partition coefficient (Wildman–Crippen LogP) is 4.39. The number of methoxy groups -OCH3 is 2. The first-order valence-corrected chi connectivity index (χ1v) is 9.18. The molecule has 6 heteroatoms. The van der Waals surface area contributed by atoms with Gasteiger partial charge in [0, 0.05) is 10.9 Å². The first-order valence-electron chi connectivity index (χ1n) is 8.30. The number of amides is 1. The Balaban J connectivity index is 1.82. The Bertz CT molecular complexity index is 933. The van der Waals surface area contributed by atoms with Crippen LogP contribution in [-0.2, 0) is 16.0 Å². The van der Waals surface area contributed by atoms with Gasteiger partial charge in [-0.3, -0.25) is 4.79 Å². The molecule has 3 aromatic rings. The minimum absolute atomic E-state index is 0.198. The Morgan fingerprint density at radius 1 is 1.00 bits per heavy atom. The highest BCUT2D eigenvalue weighted by Gasteiger charge is 2.22. The fourth-order valence-corrected chi connectivity index (χ4v) is 3.66. The molecule has 0 aliphatic heterocycles. The van der Waals surface area contributed by atoms with Crippen molar-refractivity contribution in [3.8, 4) is 16.9 Å². The highest BCUT2D eigenvalue weighted by molar-refractivity contribution is 7.15. The Hall–Kier alpha value is -3.12. The number of rotatable bonds is 6. The number of nitrogens with one attached hydrogen (secondary N) is 1. The number of carbonyl (C=O) groups is 2. The average molecular weight is 381 g/mol. The van der Waals surface area contributed by atoms with Gasteiger partial charge in [0.05, 0.1) is 20.6 Å². The Kier molecular flexibility index (Phi) is 5.88. The Morgan fingerprint density at radius 3 is 2.33 bits per heavy atom. The van der Waals surface area contributed by atoms with E-state index in [0.29, 0.717) is 10.6 Å². The van der Waals surface area contributed by atoms with Crippen LogP contribution in [0.2, 0.25) is 0 Å². The van der Waals surface area contributed by atoms with Gasteiger partial charge in [0.15, 0.2) is 0 Å². The monoisotopic (exact) mass is 381 g/mol. The number of carbonyl (C=O) groups excluding carboxylic acids is 2. The minimum Gasteiger partial charge on any atom is -0.497 e. The normalized spacial score (nSPS) is 10.3. The summed E-state index contributed by atoms with van der Waals surface area (Å²) < 4.78 is 10.0. The third-order valence-corrected chi connectivity index (χ3v) is 4.94. The summed E-state index contributed by atoms with van der Waals surface area (Å²) >= 11 is 1.31. The molecule has 0 atom stereocenters. The van der Waals surface area contributed by atoms with E-state index in [1.807, 2.05) is 47.8 Å². The third-order valence-electron chi connectivity index (χ3n) is 4.04. The second-order valence-corrected chi connectivity index (χ2v) is 6.66. The van der Waals surface area contributed by atoms with Crippen molar-refractivity contribution in [3.05, 3.63) is 71.1 Å². The highest BCUT2D eigenvalue weighted by atomic mass is 32.1. The lowest BCUT2D eigenvalue weighted by Crippen LogP contribution is -2.16.